The van der Waals surface area contributed by atoms with E-state index in [0.29, 0.717) is 23.8 Å². The Balaban J connectivity index is 0.00000139. The molecule has 0 aliphatic carbocycles. The quantitative estimate of drug-likeness (QED) is 0.164. The molecule has 206 valence electrons. The van der Waals surface area contributed by atoms with Gasteiger partial charge in [0.05, 0.1) is 5.70 Å². The standard InChI is InChI=1S/C22H32F2N4O.C7H12O/c1-6-12-26-21(28(13-7-2)15-16(3)14-20(25)29)17(4)27-19-10-8-18(9-11-19)22(5,23)24;1-4-6(3)7(8)5-2/h6,8-12,16,27H,4,7,13-15H2,1-3,5H3,(H2,25,29);5-6H,2,4H2,1,3H3/b12-6-,26-21?;. The minimum absolute atomic E-state index is 0.0497. The second kappa shape index (κ2) is 17.2. The molecule has 0 heterocycles. The zero-order valence-electron chi connectivity index (χ0n) is 23.2. The number of hydrogen-bond donors (Lipinski definition) is 2. The number of aliphatic imine (C=N–C) groups is 1. The number of amides is 1. The van der Waals surface area contributed by atoms with Crippen molar-refractivity contribution >= 4 is 23.2 Å². The zero-order chi connectivity index (χ0) is 28.6. The minimum Gasteiger partial charge on any atom is -0.370 e. The summed E-state index contributed by atoms with van der Waals surface area (Å²) in [6, 6.07) is 5.95. The number of nitrogens with one attached hydrogen (secondary N) is 1. The molecule has 6 nitrogen and oxygen atoms in total. The highest BCUT2D eigenvalue weighted by Gasteiger charge is 2.24. The fourth-order valence-corrected chi connectivity index (χ4v) is 3.31. The number of carbonyl (C=O) groups is 2. The predicted octanol–water partition coefficient (Wildman–Crippen LogP) is 6.67. The lowest BCUT2D eigenvalue weighted by Crippen LogP contribution is -2.38. The number of ketones is 1. The molecule has 0 saturated carbocycles. The largest absolute Gasteiger partial charge is 0.370 e. The third-order valence-corrected chi connectivity index (χ3v) is 5.48. The Bertz CT molecular complexity index is 934. The smallest absolute Gasteiger partial charge is 0.270 e. The number of primary amides is 1. The van der Waals surface area contributed by atoms with Crippen LogP contribution in [-0.4, -0.2) is 35.5 Å². The molecule has 0 aliphatic rings. The molecule has 1 amide bonds. The Labute approximate surface area is 221 Å². The van der Waals surface area contributed by atoms with Crippen LogP contribution in [0.15, 0.2) is 66.5 Å². The number of anilines is 1. The van der Waals surface area contributed by atoms with Gasteiger partial charge in [-0.05, 0) is 43.9 Å². The number of benzene rings is 1. The van der Waals surface area contributed by atoms with Crippen LogP contribution in [0.25, 0.3) is 0 Å². The van der Waals surface area contributed by atoms with Crippen molar-refractivity contribution in [3.05, 3.63) is 67.0 Å². The van der Waals surface area contributed by atoms with Gasteiger partial charge < -0.3 is 16.0 Å². The molecule has 8 heteroatoms. The molecule has 3 N–H and O–H groups in total. The summed E-state index contributed by atoms with van der Waals surface area (Å²) in [6.07, 6.45) is 6.93. The first-order chi connectivity index (χ1) is 17.3. The Morgan fingerprint density at radius 2 is 1.81 bits per heavy atom. The van der Waals surface area contributed by atoms with Gasteiger partial charge in [0, 0.05) is 49.8 Å². The molecule has 37 heavy (non-hydrogen) atoms. The first-order valence-corrected chi connectivity index (χ1v) is 12.6. The summed E-state index contributed by atoms with van der Waals surface area (Å²) < 4.78 is 26.8. The van der Waals surface area contributed by atoms with Crippen LogP contribution >= 0.6 is 0 Å². The maximum absolute atomic E-state index is 13.4. The molecule has 0 spiro atoms. The second-order valence-corrected chi connectivity index (χ2v) is 9.14. The van der Waals surface area contributed by atoms with Crippen LogP contribution < -0.4 is 11.1 Å². The van der Waals surface area contributed by atoms with Crippen LogP contribution in [0.3, 0.4) is 0 Å². The third kappa shape index (κ3) is 13.6. The normalized spacial score (nSPS) is 13.2. The summed E-state index contributed by atoms with van der Waals surface area (Å²) in [5.74, 6) is -2.24. The molecule has 0 aliphatic heterocycles. The van der Waals surface area contributed by atoms with E-state index >= 15 is 0 Å². The molecule has 0 radical (unpaired) electrons. The second-order valence-electron chi connectivity index (χ2n) is 9.14. The van der Waals surface area contributed by atoms with E-state index in [4.69, 9.17) is 5.73 Å². The lowest BCUT2D eigenvalue weighted by atomic mass is 10.0. The third-order valence-electron chi connectivity index (χ3n) is 5.48. The molecule has 1 rings (SSSR count). The van der Waals surface area contributed by atoms with E-state index in [1.807, 2.05) is 33.8 Å². The van der Waals surface area contributed by atoms with Crippen LogP contribution in [0.4, 0.5) is 14.5 Å². The number of allylic oxidation sites excluding steroid dienone is 2. The Morgan fingerprint density at radius 1 is 1.22 bits per heavy atom. The van der Waals surface area contributed by atoms with Gasteiger partial charge in [-0.2, -0.15) is 0 Å². The number of halogens is 2. The summed E-state index contributed by atoms with van der Waals surface area (Å²) >= 11 is 0. The van der Waals surface area contributed by atoms with Crippen molar-refractivity contribution in [1.82, 2.24) is 4.90 Å². The van der Waals surface area contributed by atoms with Crippen molar-refractivity contribution in [3.63, 3.8) is 0 Å². The SMILES string of the molecule is C=C(Nc1ccc(C(C)(F)F)cc1)C(=N/C=C\C)N(CCC)CC(C)CC(N)=O.C=CC(=O)C(C)CC. The highest BCUT2D eigenvalue weighted by atomic mass is 19.3. The van der Waals surface area contributed by atoms with E-state index in [-0.39, 0.29) is 35.5 Å². The Morgan fingerprint density at radius 3 is 2.22 bits per heavy atom. The van der Waals surface area contributed by atoms with E-state index in [2.05, 4.69) is 35.3 Å². The predicted molar refractivity (Wildman–Crippen MR) is 151 cm³/mol. The van der Waals surface area contributed by atoms with E-state index in [0.717, 1.165) is 26.3 Å². The average Bonchev–Trinajstić information content (AvgIpc) is 2.83. The molecule has 0 aromatic heterocycles. The van der Waals surface area contributed by atoms with Crippen LogP contribution in [0.5, 0.6) is 0 Å². The monoisotopic (exact) mass is 518 g/mol. The van der Waals surface area contributed by atoms with Crippen molar-refractivity contribution in [2.24, 2.45) is 22.6 Å². The fourth-order valence-electron chi connectivity index (χ4n) is 3.31. The number of hydrogen-bond acceptors (Lipinski definition) is 4. The van der Waals surface area contributed by atoms with Gasteiger partial charge in [0.2, 0.25) is 5.91 Å². The molecule has 1 aromatic rings. The lowest BCUT2D eigenvalue weighted by molar-refractivity contribution is -0.119. The van der Waals surface area contributed by atoms with Crippen LogP contribution in [0, 0.1) is 11.8 Å². The summed E-state index contributed by atoms with van der Waals surface area (Å²) in [7, 11) is 0. The summed E-state index contributed by atoms with van der Waals surface area (Å²) in [5.41, 5.74) is 6.45. The zero-order valence-corrected chi connectivity index (χ0v) is 23.2. The molecule has 0 fully saturated rings. The van der Waals surface area contributed by atoms with Crippen molar-refractivity contribution in [3.8, 4) is 0 Å². The van der Waals surface area contributed by atoms with Gasteiger partial charge in [0.25, 0.3) is 5.92 Å². The van der Waals surface area contributed by atoms with Crippen LogP contribution in [-0.2, 0) is 15.5 Å². The van der Waals surface area contributed by atoms with E-state index < -0.39 is 5.92 Å². The van der Waals surface area contributed by atoms with Gasteiger partial charge in [0.15, 0.2) is 11.6 Å². The molecular formula is C29H44F2N4O2. The van der Waals surface area contributed by atoms with Gasteiger partial charge in [-0.25, -0.2) is 13.8 Å². The topological polar surface area (TPSA) is 87.8 Å². The summed E-state index contributed by atoms with van der Waals surface area (Å²) in [6.45, 7) is 19.4. The number of alkyl halides is 2. The maximum Gasteiger partial charge on any atom is 0.270 e. The van der Waals surface area contributed by atoms with Crippen molar-refractivity contribution in [2.45, 2.75) is 66.7 Å². The number of nitrogens with zero attached hydrogens (tertiary/aromatic N) is 2. The van der Waals surface area contributed by atoms with Crippen molar-refractivity contribution in [2.75, 3.05) is 18.4 Å². The van der Waals surface area contributed by atoms with Gasteiger partial charge >= 0.3 is 0 Å². The Hall–Kier alpha value is -3.29. The molecule has 2 unspecified atom stereocenters. The van der Waals surface area contributed by atoms with E-state index in [9.17, 15) is 18.4 Å². The van der Waals surface area contributed by atoms with Gasteiger partial charge in [-0.3, -0.25) is 9.59 Å². The van der Waals surface area contributed by atoms with Gasteiger partial charge in [-0.1, -0.05) is 59.1 Å². The number of carbonyl (C=O) groups excluding carboxylic acids is 2. The fraction of sp³-hybridized carbons (Fsp3) is 0.483. The average molecular weight is 519 g/mol. The molecule has 2 atom stereocenters. The lowest BCUT2D eigenvalue weighted by Gasteiger charge is -2.29. The van der Waals surface area contributed by atoms with Gasteiger partial charge in [-0.15, -0.1) is 0 Å². The molecular weight excluding hydrogens is 474 g/mol. The minimum atomic E-state index is -2.89. The Kier molecular flexibility index (Phi) is 15.7. The van der Waals surface area contributed by atoms with E-state index in [1.54, 1.807) is 18.3 Å². The molecule has 0 saturated heterocycles. The molecule has 0 bridgehead atoms. The first-order valence-electron chi connectivity index (χ1n) is 12.6. The van der Waals surface area contributed by atoms with Crippen LogP contribution in [0.1, 0.15) is 66.4 Å². The highest BCUT2D eigenvalue weighted by Crippen LogP contribution is 2.28. The van der Waals surface area contributed by atoms with Crippen molar-refractivity contribution < 1.29 is 18.4 Å². The van der Waals surface area contributed by atoms with Gasteiger partial charge in [0.1, 0.15) is 0 Å². The van der Waals surface area contributed by atoms with E-state index in [1.165, 1.54) is 18.2 Å². The number of rotatable bonds is 14. The van der Waals surface area contributed by atoms with Crippen LogP contribution in [0.2, 0.25) is 0 Å². The maximum atomic E-state index is 13.4. The number of nitrogens with two attached hydrogens (primary N) is 1. The van der Waals surface area contributed by atoms with Crippen molar-refractivity contribution in [1.29, 1.82) is 0 Å². The first kappa shape index (κ1) is 33.7. The summed E-state index contributed by atoms with van der Waals surface area (Å²) in [5, 5.41) is 3.15. The highest BCUT2D eigenvalue weighted by molar-refractivity contribution is 6.00. The summed E-state index contributed by atoms with van der Waals surface area (Å²) in [4.78, 5) is 28.4. The molecule has 1 aromatic carbocycles. The number of amidine groups is 1.